The van der Waals surface area contributed by atoms with Gasteiger partial charge < -0.3 is 21.3 Å². The van der Waals surface area contributed by atoms with Crippen molar-refractivity contribution < 1.29 is 41.9 Å². The minimum atomic E-state index is -5.05. The summed E-state index contributed by atoms with van der Waals surface area (Å²) in [6.07, 6.45) is -0.345. The van der Waals surface area contributed by atoms with Gasteiger partial charge in [-0.2, -0.15) is 0 Å². The molecule has 0 spiro atoms. The first kappa shape index (κ1) is 29.5. The molecule has 1 heterocycles. The highest BCUT2D eigenvalue weighted by atomic mass is 19.4. The van der Waals surface area contributed by atoms with Crippen LogP contribution in [0.2, 0.25) is 0 Å². The highest BCUT2D eigenvalue weighted by molar-refractivity contribution is 6.35. The molecule has 0 radical (unpaired) electrons. The van der Waals surface area contributed by atoms with E-state index in [4.69, 9.17) is 0 Å². The minimum Gasteiger partial charge on any atom is -0.356 e. The van der Waals surface area contributed by atoms with Gasteiger partial charge in [0.05, 0.1) is 6.04 Å². The van der Waals surface area contributed by atoms with Crippen LogP contribution in [-0.4, -0.2) is 67.1 Å². The average Bonchev–Trinajstić information content (AvgIpc) is 3.20. The van der Waals surface area contributed by atoms with E-state index in [9.17, 15) is 37.1 Å². The van der Waals surface area contributed by atoms with Crippen LogP contribution in [0.25, 0.3) is 0 Å². The molecule has 36 heavy (non-hydrogen) atoms. The van der Waals surface area contributed by atoms with Crippen LogP contribution in [-0.2, 0) is 28.7 Å². The summed E-state index contributed by atoms with van der Waals surface area (Å²) >= 11 is 0. The number of hydrogen-bond donors (Lipinski definition) is 4. The van der Waals surface area contributed by atoms with Crippen molar-refractivity contribution in [3.63, 3.8) is 0 Å². The molecule has 2 aliphatic rings. The van der Waals surface area contributed by atoms with Crippen molar-refractivity contribution in [1.29, 1.82) is 0 Å². The summed E-state index contributed by atoms with van der Waals surface area (Å²) in [5.74, 6) is -4.95. The van der Waals surface area contributed by atoms with Crippen LogP contribution in [0.4, 0.5) is 13.2 Å². The van der Waals surface area contributed by atoms with Crippen molar-refractivity contribution in [2.75, 3.05) is 13.2 Å². The highest BCUT2D eigenvalue weighted by Gasteiger charge is 2.36. The van der Waals surface area contributed by atoms with Crippen molar-refractivity contribution >= 4 is 29.4 Å². The van der Waals surface area contributed by atoms with Gasteiger partial charge in [0, 0.05) is 18.5 Å². The Labute approximate surface area is 207 Å². The number of ketones is 1. The first-order valence-corrected chi connectivity index (χ1v) is 12.3. The van der Waals surface area contributed by atoms with Gasteiger partial charge in [0.25, 0.3) is 0 Å². The number of alkyl halides is 3. The number of ether oxygens (including phenoxy) is 1. The maximum absolute atomic E-state index is 13.0. The summed E-state index contributed by atoms with van der Waals surface area (Å²) in [6.45, 7) is 2.56. The first-order chi connectivity index (χ1) is 16.9. The fourth-order valence-corrected chi connectivity index (χ4v) is 4.38. The van der Waals surface area contributed by atoms with E-state index >= 15 is 0 Å². The lowest BCUT2D eigenvalue weighted by Gasteiger charge is -2.26. The summed E-state index contributed by atoms with van der Waals surface area (Å²) in [4.78, 5) is 62.3. The van der Waals surface area contributed by atoms with Gasteiger partial charge in [0.1, 0.15) is 12.6 Å². The predicted octanol–water partition coefficient (Wildman–Crippen LogP) is 1.08. The van der Waals surface area contributed by atoms with Crippen LogP contribution in [0.5, 0.6) is 0 Å². The predicted molar refractivity (Wildman–Crippen MR) is 121 cm³/mol. The maximum atomic E-state index is 13.0. The molecule has 0 unspecified atom stereocenters. The number of amides is 4. The lowest BCUT2D eigenvalue weighted by atomic mass is 9.95. The molecule has 1 aliphatic heterocycles. The van der Waals surface area contributed by atoms with Crippen molar-refractivity contribution in [3.05, 3.63) is 0 Å². The van der Waals surface area contributed by atoms with Gasteiger partial charge in [0.2, 0.25) is 11.8 Å². The maximum Gasteiger partial charge on any atom is 0.522 e. The standard InChI is InChI=1S/C23H35F3N4O6/c1-13(2)10-17(30-22(35)21(34)28-15-6-4-3-5-7-15)20(33)29-16(11-14-8-9-27-19(14)32)18(31)12-36-23(24,25)26/h13-17H,3-12H2,1-2H3,(H,27,32)(H,28,34)(H,29,33)(H,30,35)/t14-,16-,17-/m0/s1. The Hall–Kier alpha value is -2.70. The van der Waals surface area contributed by atoms with Crippen LogP contribution in [0.3, 0.4) is 0 Å². The Kier molecular flexibility index (Phi) is 11.1. The molecule has 0 aromatic rings. The second-order valence-corrected chi connectivity index (χ2v) is 9.74. The zero-order chi connectivity index (χ0) is 26.9. The average molecular weight is 521 g/mol. The molecule has 2 rings (SSSR count). The topological polar surface area (TPSA) is 143 Å². The molecular weight excluding hydrogens is 485 g/mol. The van der Waals surface area contributed by atoms with Crippen LogP contribution >= 0.6 is 0 Å². The van der Waals surface area contributed by atoms with Gasteiger partial charge in [-0.15, -0.1) is 13.2 Å². The Bertz CT molecular complexity index is 814. The number of carbonyl (C=O) groups excluding carboxylic acids is 5. The number of hydrogen-bond acceptors (Lipinski definition) is 6. The molecule has 204 valence electrons. The Morgan fingerprint density at radius 3 is 2.22 bits per heavy atom. The molecule has 4 amide bonds. The van der Waals surface area contributed by atoms with Crippen molar-refractivity contribution in [2.45, 2.75) is 89.7 Å². The first-order valence-electron chi connectivity index (χ1n) is 12.3. The van der Waals surface area contributed by atoms with Gasteiger partial charge in [-0.05, 0) is 38.0 Å². The highest BCUT2D eigenvalue weighted by Crippen LogP contribution is 2.20. The summed E-state index contributed by atoms with van der Waals surface area (Å²) in [5, 5.41) is 9.97. The third-order valence-electron chi connectivity index (χ3n) is 6.24. The molecule has 1 saturated heterocycles. The fraction of sp³-hybridized carbons (Fsp3) is 0.783. The largest absolute Gasteiger partial charge is 0.522 e. The van der Waals surface area contributed by atoms with Gasteiger partial charge in [0.15, 0.2) is 5.78 Å². The Morgan fingerprint density at radius 2 is 1.67 bits per heavy atom. The van der Waals surface area contributed by atoms with E-state index in [-0.39, 0.29) is 30.7 Å². The number of Topliss-reactive ketones (excluding diaryl/α,β-unsaturated/α-hetero) is 1. The number of rotatable bonds is 11. The molecule has 1 saturated carbocycles. The molecule has 10 nitrogen and oxygen atoms in total. The monoisotopic (exact) mass is 520 g/mol. The Morgan fingerprint density at radius 1 is 1.00 bits per heavy atom. The van der Waals surface area contributed by atoms with Crippen LogP contribution in [0.1, 0.15) is 65.2 Å². The van der Waals surface area contributed by atoms with Crippen molar-refractivity contribution in [3.8, 4) is 0 Å². The molecule has 0 bridgehead atoms. The smallest absolute Gasteiger partial charge is 0.356 e. The van der Waals surface area contributed by atoms with E-state index in [1.807, 2.05) is 0 Å². The molecule has 0 aromatic heterocycles. The molecule has 0 aromatic carbocycles. The Balaban J connectivity index is 2.07. The minimum absolute atomic E-state index is 0.106. The van der Waals surface area contributed by atoms with Crippen LogP contribution in [0, 0.1) is 11.8 Å². The SMILES string of the molecule is CC(C)C[C@H](NC(=O)C(=O)NC1CCCCC1)C(=O)N[C@@H](C[C@@H]1CCNC1=O)C(=O)COC(F)(F)F. The van der Waals surface area contributed by atoms with Gasteiger partial charge in [-0.25, -0.2) is 0 Å². The zero-order valence-electron chi connectivity index (χ0n) is 20.5. The molecule has 3 atom stereocenters. The van der Waals surface area contributed by atoms with E-state index in [1.165, 1.54) is 0 Å². The molecule has 1 aliphatic carbocycles. The summed E-state index contributed by atoms with van der Waals surface area (Å²) in [6, 6.07) is -2.79. The van der Waals surface area contributed by atoms with Gasteiger partial charge in [-0.3, -0.25) is 28.7 Å². The van der Waals surface area contributed by atoms with E-state index < -0.39 is 54.5 Å². The zero-order valence-corrected chi connectivity index (χ0v) is 20.5. The lowest BCUT2D eigenvalue weighted by Crippen LogP contribution is -2.56. The fourth-order valence-electron chi connectivity index (χ4n) is 4.38. The number of carbonyl (C=O) groups is 5. The molecule has 4 N–H and O–H groups in total. The molecular formula is C23H35F3N4O6. The third-order valence-corrected chi connectivity index (χ3v) is 6.24. The van der Waals surface area contributed by atoms with Gasteiger partial charge >= 0.3 is 18.2 Å². The van der Waals surface area contributed by atoms with E-state index in [0.29, 0.717) is 13.0 Å². The van der Waals surface area contributed by atoms with E-state index in [0.717, 1.165) is 32.1 Å². The molecule has 13 heteroatoms. The second-order valence-electron chi connectivity index (χ2n) is 9.74. The summed E-state index contributed by atoms with van der Waals surface area (Å²) in [7, 11) is 0. The van der Waals surface area contributed by atoms with Crippen LogP contribution in [0.15, 0.2) is 0 Å². The van der Waals surface area contributed by atoms with Crippen LogP contribution < -0.4 is 21.3 Å². The van der Waals surface area contributed by atoms with Gasteiger partial charge in [-0.1, -0.05) is 33.1 Å². The summed E-state index contributed by atoms with van der Waals surface area (Å²) < 4.78 is 41.0. The van der Waals surface area contributed by atoms with E-state index in [2.05, 4.69) is 26.0 Å². The number of halogens is 3. The quantitative estimate of drug-likeness (QED) is 0.300. The normalized spacial score (nSPS) is 20.4. The lowest BCUT2D eigenvalue weighted by molar-refractivity contribution is -0.321. The number of nitrogens with one attached hydrogen (secondary N) is 4. The van der Waals surface area contributed by atoms with E-state index in [1.54, 1.807) is 13.8 Å². The summed E-state index contributed by atoms with van der Waals surface area (Å²) in [5.41, 5.74) is 0. The van der Waals surface area contributed by atoms with Crippen molar-refractivity contribution in [1.82, 2.24) is 21.3 Å². The van der Waals surface area contributed by atoms with Crippen molar-refractivity contribution in [2.24, 2.45) is 11.8 Å². The second kappa shape index (κ2) is 13.6. The third kappa shape index (κ3) is 10.1. The molecule has 2 fully saturated rings.